The van der Waals surface area contributed by atoms with Crippen molar-refractivity contribution in [2.75, 3.05) is 19.1 Å². The predicted octanol–water partition coefficient (Wildman–Crippen LogP) is 5.29. The Morgan fingerprint density at radius 2 is 1.72 bits per heavy atom. The van der Waals surface area contributed by atoms with E-state index in [1.807, 2.05) is 47.4 Å². The van der Waals surface area contributed by atoms with Gasteiger partial charge < -0.3 is 14.7 Å². The topological polar surface area (TPSA) is 62.7 Å². The molecule has 0 fully saturated rings. The number of carboxylic acids is 1. The Kier molecular flexibility index (Phi) is 6.03. The van der Waals surface area contributed by atoms with Crippen LogP contribution in [0.5, 0.6) is 5.88 Å². The van der Waals surface area contributed by atoms with Crippen LogP contribution in [0.2, 0.25) is 0 Å². The second-order valence-electron chi connectivity index (χ2n) is 6.07. The number of hydrogen-bond acceptors (Lipinski definition) is 5. The van der Waals surface area contributed by atoms with Crippen molar-refractivity contribution < 1.29 is 23.4 Å². The van der Waals surface area contributed by atoms with Crippen molar-refractivity contribution in [2.45, 2.75) is 10.2 Å². The number of benzene rings is 2. The number of halogens is 2. The lowest BCUT2D eigenvalue weighted by Crippen LogP contribution is -2.23. The van der Waals surface area contributed by atoms with E-state index < -0.39 is 11.2 Å². The Hall–Kier alpha value is -3.13. The summed E-state index contributed by atoms with van der Waals surface area (Å²) in [5.74, 6) is -1.75. The number of thioether (sulfide) groups is 1. The van der Waals surface area contributed by atoms with Crippen molar-refractivity contribution in [3.8, 4) is 17.1 Å². The van der Waals surface area contributed by atoms with Crippen LogP contribution >= 0.6 is 11.8 Å². The zero-order chi connectivity index (χ0) is 21.0. The van der Waals surface area contributed by atoms with Crippen LogP contribution in [-0.2, 0) is 4.79 Å². The van der Waals surface area contributed by atoms with Gasteiger partial charge in [-0.3, -0.25) is 0 Å². The summed E-state index contributed by atoms with van der Waals surface area (Å²) in [7, 11) is 3.33. The monoisotopic (exact) mass is 416 g/mol. The van der Waals surface area contributed by atoms with Gasteiger partial charge >= 0.3 is 11.2 Å². The number of ether oxygens (including phenoxy) is 1. The summed E-state index contributed by atoms with van der Waals surface area (Å²) in [6.07, 6.45) is 0. The second kappa shape index (κ2) is 8.48. The van der Waals surface area contributed by atoms with E-state index in [2.05, 4.69) is 4.98 Å². The molecule has 0 unspecified atom stereocenters. The molecular formula is C21H18F2N2O3S. The molecule has 0 saturated carbocycles. The molecule has 1 aromatic heterocycles. The average molecular weight is 416 g/mol. The molecule has 1 heterocycles. The summed E-state index contributed by atoms with van der Waals surface area (Å²) in [6.45, 7) is 0. The summed E-state index contributed by atoms with van der Waals surface area (Å²) in [4.78, 5) is 17.1. The zero-order valence-electron chi connectivity index (χ0n) is 15.7. The van der Waals surface area contributed by atoms with E-state index in [4.69, 9.17) is 9.84 Å². The molecule has 5 nitrogen and oxygen atoms in total. The maximum Gasteiger partial charge on any atom is 0.393 e. The molecule has 0 radical (unpaired) electrons. The quantitative estimate of drug-likeness (QED) is 0.528. The van der Waals surface area contributed by atoms with E-state index in [9.17, 15) is 13.6 Å². The number of carboxylic acid groups (broad SMARTS) is 1. The molecule has 0 aliphatic rings. The van der Waals surface area contributed by atoms with Gasteiger partial charge in [-0.25, -0.2) is 9.78 Å². The van der Waals surface area contributed by atoms with Gasteiger partial charge in [0.05, 0.1) is 12.8 Å². The maximum absolute atomic E-state index is 13.4. The van der Waals surface area contributed by atoms with E-state index >= 15 is 0 Å². The van der Waals surface area contributed by atoms with Gasteiger partial charge in [0.15, 0.2) is 0 Å². The normalized spacial score (nSPS) is 11.2. The predicted molar refractivity (Wildman–Crippen MR) is 109 cm³/mol. The standard InChI is InChI=1S/C21H18F2N2O3S/c1-25(15-8-10-16(11-9-15)29-21(22,23)20(26)27)18-13-12-17(24-19(18)28-2)14-6-4-3-5-7-14/h3-13H,1-2H3,(H,26,27). The third kappa shape index (κ3) is 4.65. The van der Waals surface area contributed by atoms with Crippen molar-refractivity contribution in [3.05, 3.63) is 66.7 Å². The van der Waals surface area contributed by atoms with Gasteiger partial charge in [-0.2, -0.15) is 8.78 Å². The third-order valence-electron chi connectivity index (χ3n) is 4.18. The fourth-order valence-electron chi connectivity index (χ4n) is 2.68. The lowest BCUT2D eigenvalue weighted by molar-refractivity contribution is -0.152. The highest BCUT2D eigenvalue weighted by molar-refractivity contribution is 8.01. The van der Waals surface area contributed by atoms with Crippen molar-refractivity contribution in [1.82, 2.24) is 4.98 Å². The van der Waals surface area contributed by atoms with Gasteiger partial charge in [0.1, 0.15) is 5.69 Å². The lowest BCUT2D eigenvalue weighted by Gasteiger charge is -2.22. The number of aliphatic carboxylic acids is 1. The Balaban J connectivity index is 1.84. The number of alkyl halides is 2. The summed E-state index contributed by atoms with van der Waals surface area (Å²) < 4.78 is 32.2. The lowest BCUT2D eigenvalue weighted by atomic mass is 10.1. The van der Waals surface area contributed by atoms with Crippen LogP contribution in [0.1, 0.15) is 0 Å². The first-order valence-electron chi connectivity index (χ1n) is 8.56. The molecule has 0 amide bonds. The fourth-order valence-corrected chi connectivity index (χ4v) is 3.33. The van der Waals surface area contributed by atoms with E-state index in [1.54, 1.807) is 19.2 Å². The zero-order valence-corrected chi connectivity index (χ0v) is 16.5. The van der Waals surface area contributed by atoms with Crippen molar-refractivity contribution in [3.63, 3.8) is 0 Å². The summed E-state index contributed by atoms with van der Waals surface area (Å²) in [5.41, 5.74) is 3.13. The van der Waals surface area contributed by atoms with Crippen LogP contribution in [0.4, 0.5) is 20.2 Å². The first-order valence-corrected chi connectivity index (χ1v) is 9.38. The summed E-state index contributed by atoms with van der Waals surface area (Å²) >= 11 is -0.0110. The number of nitrogens with zero attached hydrogens (tertiary/aromatic N) is 2. The van der Waals surface area contributed by atoms with E-state index in [1.165, 1.54) is 19.2 Å². The fraction of sp³-hybridized carbons (Fsp3) is 0.143. The molecule has 0 aliphatic heterocycles. The minimum atomic E-state index is -3.88. The van der Waals surface area contributed by atoms with Crippen LogP contribution in [-0.4, -0.2) is 35.5 Å². The Morgan fingerprint density at radius 1 is 1.07 bits per heavy atom. The van der Waals surface area contributed by atoms with Crippen LogP contribution in [0.15, 0.2) is 71.6 Å². The Labute approximate surface area is 171 Å². The molecule has 1 N–H and O–H groups in total. The number of carbonyl (C=O) groups is 1. The number of pyridine rings is 1. The smallest absolute Gasteiger partial charge is 0.393 e. The Bertz CT molecular complexity index is 999. The average Bonchev–Trinajstić information content (AvgIpc) is 2.73. The highest BCUT2D eigenvalue weighted by atomic mass is 32.2. The molecule has 0 saturated heterocycles. The first kappa shape index (κ1) is 20.6. The number of anilines is 2. The molecule has 0 aliphatic carbocycles. The van der Waals surface area contributed by atoms with E-state index in [0.717, 1.165) is 11.3 Å². The van der Waals surface area contributed by atoms with Crippen LogP contribution in [0.3, 0.4) is 0 Å². The first-order chi connectivity index (χ1) is 13.8. The molecule has 8 heteroatoms. The Morgan fingerprint density at radius 3 is 2.31 bits per heavy atom. The molecule has 3 rings (SSSR count). The maximum atomic E-state index is 13.4. The molecule has 0 bridgehead atoms. The molecule has 3 aromatic rings. The summed E-state index contributed by atoms with van der Waals surface area (Å²) in [5, 5.41) is 4.68. The van der Waals surface area contributed by atoms with E-state index in [-0.39, 0.29) is 16.7 Å². The molecular weight excluding hydrogens is 398 g/mol. The number of hydrogen-bond donors (Lipinski definition) is 1. The molecule has 29 heavy (non-hydrogen) atoms. The second-order valence-corrected chi connectivity index (χ2v) is 7.26. The van der Waals surface area contributed by atoms with Crippen LogP contribution < -0.4 is 9.64 Å². The highest BCUT2D eigenvalue weighted by Crippen LogP contribution is 2.38. The molecule has 150 valence electrons. The molecule has 0 spiro atoms. The van der Waals surface area contributed by atoms with Gasteiger partial charge in [-0.1, -0.05) is 30.3 Å². The SMILES string of the molecule is COc1nc(-c2ccccc2)ccc1N(C)c1ccc(SC(F)(F)C(=O)O)cc1. The third-order valence-corrected chi connectivity index (χ3v) is 5.12. The van der Waals surface area contributed by atoms with Gasteiger partial charge in [0.2, 0.25) is 5.88 Å². The minimum Gasteiger partial charge on any atom is -0.479 e. The van der Waals surface area contributed by atoms with Gasteiger partial charge in [0.25, 0.3) is 0 Å². The number of methoxy groups -OCH3 is 1. The van der Waals surface area contributed by atoms with Gasteiger partial charge in [0, 0.05) is 23.2 Å². The summed E-state index contributed by atoms with van der Waals surface area (Å²) in [6, 6.07) is 19.6. The minimum absolute atomic E-state index is 0.0110. The van der Waals surface area contributed by atoms with Crippen molar-refractivity contribution >= 4 is 29.1 Å². The van der Waals surface area contributed by atoms with Crippen LogP contribution in [0, 0.1) is 0 Å². The van der Waals surface area contributed by atoms with Crippen LogP contribution in [0.25, 0.3) is 11.3 Å². The highest BCUT2D eigenvalue weighted by Gasteiger charge is 2.40. The van der Waals surface area contributed by atoms with Gasteiger partial charge in [-0.05, 0) is 48.2 Å². The van der Waals surface area contributed by atoms with Crippen molar-refractivity contribution in [2.24, 2.45) is 0 Å². The number of aromatic nitrogens is 1. The number of rotatable bonds is 7. The largest absolute Gasteiger partial charge is 0.479 e. The molecule has 0 atom stereocenters. The van der Waals surface area contributed by atoms with Gasteiger partial charge in [-0.15, -0.1) is 0 Å². The van der Waals surface area contributed by atoms with E-state index in [0.29, 0.717) is 17.3 Å². The van der Waals surface area contributed by atoms with Crippen molar-refractivity contribution in [1.29, 1.82) is 0 Å². The molecule has 2 aromatic carbocycles.